The molecule has 3 rings (SSSR count). The lowest BCUT2D eigenvalue weighted by molar-refractivity contribution is 0.0870. The van der Waals surface area contributed by atoms with Crippen molar-refractivity contribution in [3.05, 3.63) is 64.7 Å². The number of hydrogen-bond acceptors (Lipinski definition) is 2. The molecule has 0 spiro atoms. The Kier molecular flexibility index (Phi) is 4.69. The van der Waals surface area contributed by atoms with Crippen LogP contribution in [0.4, 0.5) is 4.39 Å². The van der Waals surface area contributed by atoms with Crippen LogP contribution in [0.1, 0.15) is 24.0 Å². The minimum atomic E-state index is -3.57. The maximum atomic E-state index is 15.2. The second-order valence-electron chi connectivity index (χ2n) is 6.19. The smallest absolute Gasteiger partial charge is 0.239 e. The first-order valence-corrected chi connectivity index (χ1v) is 9.65. The lowest BCUT2D eigenvalue weighted by atomic mass is 9.87. The second kappa shape index (κ2) is 6.47. The summed E-state index contributed by atoms with van der Waals surface area (Å²) < 4.78 is 41.9. The van der Waals surface area contributed by atoms with E-state index in [0.717, 1.165) is 5.56 Å². The van der Waals surface area contributed by atoms with Crippen LogP contribution in [0.2, 0.25) is 5.02 Å². The van der Waals surface area contributed by atoms with E-state index in [1.807, 2.05) is 6.92 Å². The molecule has 0 saturated carbocycles. The highest BCUT2D eigenvalue weighted by Gasteiger charge is 2.39. The number of benzene rings is 2. The van der Waals surface area contributed by atoms with Gasteiger partial charge in [-0.05, 0) is 49.6 Å². The number of alkyl halides is 1. The molecule has 0 N–H and O–H groups in total. The van der Waals surface area contributed by atoms with Crippen molar-refractivity contribution in [2.75, 3.05) is 13.1 Å². The Morgan fingerprint density at radius 3 is 2.08 bits per heavy atom. The van der Waals surface area contributed by atoms with Gasteiger partial charge in [-0.25, -0.2) is 12.8 Å². The third-order valence-electron chi connectivity index (χ3n) is 4.54. The van der Waals surface area contributed by atoms with Crippen LogP contribution in [0.5, 0.6) is 0 Å². The average molecular weight is 368 g/mol. The van der Waals surface area contributed by atoms with Crippen LogP contribution in [-0.2, 0) is 15.7 Å². The van der Waals surface area contributed by atoms with Crippen LogP contribution in [0, 0.1) is 6.92 Å². The zero-order chi connectivity index (χ0) is 17.4. The molecule has 0 radical (unpaired) electrons. The van der Waals surface area contributed by atoms with E-state index in [1.165, 1.54) is 4.31 Å². The van der Waals surface area contributed by atoms with Crippen LogP contribution >= 0.6 is 11.6 Å². The van der Waals surface area contributed by atoms with E-state index in [4.69, 9.17) is 11.6 Å². The number of hydrogen-bond donors (Lipinski definition) is 0. The van der Waals surface area contributed by atoms with Crippen LogP contribution < -0.4 is 0 Å². The molecule has 0 atom stereocenters. The van der Waals surface area contributed by atoms with E-state index in [0.29, 0.717) is 10.6 Å². The molecule has 1 aliphatic rings. The summed E-state index contributed by atoms with van der Waals surface area (Å²) in [4.78, 5) is 0.256. The molecule has 0 aromatic heterocycles. The molecule has 1 heterocycles. The Morgan fingerprint density at radius 1 is 1.00 bits per heavy atom. The fourth-order valence-electron chi connectivity index (χ4n) is 2.98. The quantitative estimate of drug-likeness (QED) is 0.811. The first-order chi connectivity index (χ1) is 11.3. The molecule has 0 bridgehead atoms. The van der Waals surface area contributed by atoms with Crippen molar-refractivity contribution in [1.29, 1.82) is 0 Å². The SMILES string of the molecule is Cc1ccc(S(=O)(=O)N2CCC(F)(c3ccc(Cl)cc3)CC2)cc1. The number of rotatable bonds is 3. The molecule has 1 saturated heterocycles. The third-order valence-corrected chi connectivity index (χ3v) is 6.70. The van der Waals surface area contributed by atoms with Crippen LogP contribution in [0.25, 0.3) is 0 Å². The number of aryl methyl sites for hydroxylation is 1. The second-order valence-corrected chi connectivity index (χ2v) is 8.56. The fraction of sp³-hybridized carbons (Fsp3) is 0.333. The Hall–Kier alpha value is -1.43. The first-order valence-electron chi connectivity index (χ1n) is 7.83. The Labute approximate surface area is 147 Å². The minimum absolute atomic E-state index is 0.139. The highest BCUT2D eigenvalue weighted by molar-refractivity contribution is 7.89. The predicted octanol–water partition coefficient (Wildman–Crippen LogP) is 4.30. The molecule has 1 fully saturated rings. The Morgan fingerprint density at radius 2 is 1.54 bits per heavy atom. The van der Waals surface area contributed by atoms with Gasteiger partial charge in [0.05, 0.1) is 4.90 Å². The zero-order valence-electron chi connectivity index (χ0n) is 13.4. The molecule has 1 aliphatic heterocycles. The van der Waals surface area contributed by atoms with Gasteiger partial charge in [-0.2, -0.15) is 4.31 Å². The molecule has 0 amide bonds. The van der Waals surface area contributed by atoms with Crippen molar-refractivity contribution in [3.63, 3.8) is 0 Å². The van der Waals surface area contributed by atoms with Gasteiger partial charge in [0, 0.05) is 18.1 Å². The van der Waals surface area contributed by atoms with Gasteiger partial charge in [0.1, 0.15) is 5.67 Å². The molecule has 3 nitrogen and oxygen atoms in total. The van der Waals surface area contributed by atoms with Crippen molar-refractivity contribution in [3.8, 4) is 0 Å². The van der Waals surface area contributed by atoms with Crippen LogP contribution in [0.3, 0.4) is 0 Å². The van der Waals surface area contributed by atoms with E-state index in [9.17, 15) is 8.42 Å². The number of piperidine rings is 1. The molecule has 2 aromatic rings. The van der Waals surface area contributed by atoms with Crippen molar-refractivity contribution >= 4 is 21.6 Å². The highest BCUT2D eigenvalue weighted by Crippen LogP contribution is 2.38. The van der Waals surface area contributed by atoms with Gasteiger partial charge in [-0.15, -0.1) is 0 Å². The molecule has 2 aromatic carbocycles. The van der Waals surface area contributed by atoms with E-state index >= 15 is 4.39 Å². The minimum Gasteiger partial charge on any atom is -0.239 e. The van der Waals surface area contributed by atoms with Crippen molar-refractivity contribution in [2.24, 2.45) is 0 Å². The third kappa shape index (κ3) is 3.34. The lowest BCUT2D eigenvalue weighted by Gasteiger charge is -2.36. The van der Waals surface area contributed by atoms with Gasteiger partial charge >= 0.3 is 0 Å². The normalized spacial score (nSPS) is 18.5. The summed E-state index contributed by atoms with van der Waals surface area (Å²) >= 11 is 5.85. The lowest BCUT2D eigenvalue weighted by Crippen LogP contribution is -2.43. The van der Waals surface area contributed by atoms with Gasteiger partial charge < -0.3 is 0 Å². The Balaban J connectivity index is 1.76. The van der Waals surface area contributed by atoms with Gasteiger partial charge in [-0.3, -0.25) is 0 Å². The van der Waals surface area contributed by atoms with Gasteiger partial charge in [0.25, 0.3) is 0 Å². The summed E-state index contributed by atoms with van der Waals surface area (Å²) in [6.07, 6.45) is 0.277. The van der Waals surface area contributed by atoms with Crippen molar-refractivity contribution < 1.29 is 12.8 Å². The maximum Gasteiger partial charge on any atom is 0.243 e. The van der Waals surface area contributed by atoms with Gasteiger partial charge in [-0.1, -0.05) is 41.4 Å². The van der Waals surface area contributed by atoms with Gasteiger partial charge in [0.2, 0.25) is 10.0 Å². The van der Waals surface area contributed by atoms with Crippen molar-refractivity contribution in [1.82, 2.24) is 4.31 Å². The highest BCUT2D eigenvalue weighted by atomic mass is 35.5. The van der Waals surface area contributed by atoms with Crippen LogP contribution in [-0.4, -0.2) is 25.8 Å². The zero-order valence-corrected chi connectivity index (χ0v) is 14.9. The summed E-state index contributed by atoms with van der Waals surface area (Å²) in [5.41, 5.74) is 0.0431. The molecule has 24 heavy (non-hydrogen) atoms. The predicted molar refractivity (Wildman–Crippen MR) is 93.4 cm³/mol. The largest absolute Gasteiger partial charge is 0.243 e. The maximum absolute atomic E-state index is 15.2. The number of sulfonamides is 1. The van der Waals surface area contributed by atoms with Crippen LogP contribution in [0.15, 0.2) is 53.4 Å². The van der Waals surface area contributed by atoms with E-state index in [1.54, 1.807) is 48.5 Å². The van der Waals surface area contributed by atoms with E-state index < -0.39 is 15.7 Å². The summed E-state index contributed by atoms with van der Waals surface area (Å²) in [5, 5.41) is 0.557. The molecule has 0 unspecified atom stereocenters. The summed E-state index contributed by atoms with van der Waals surface area (Å²) in [7, 11) is -3.57. The monoisotopic (exact) mass is 367 g/mol. The number of nitrogens with zero attached hydrogens (tertiary/aromatic N) is 1. The topological polar surface area (TPSA) is 37.4 Å². The average Bonchev–Trinajstić information content (AvgIpc) is 2.56. The van der Waals surface area contributed by atoms with E-state index in [-0.39, 0.29) is 30.8 Å². The summed E-state index contributed by atoms with van der Waals surface area (Å²) in [5.74, 6) is 0. The molecular formula is C18H19ClFNO2S. The first kappa shape index (κ1) is 17.4. The Bertz CT molecular complexity index is 811. The van der Waals surface area contributed by atoms with Gasteiger partial charge in [0.15, 0.2) is 0 Å². The van der Waals surface area contributed by atoms with E-state index in [2.05, 4.69) is 0 Å². The molecule has 128 valence electrons. The summed E-state index contributed by atoms with van der Waals surface area (Å²) in [6.45, 7) is 2.23. The number of halogens is 2. The summed E-state index contributed by atoms with van der Waals surface area (Å²) in [6, 6.07) is 13.4. The fourth-order valence-corrected chi connectivity index (χ4v) is 4.55. The molecule has 0 aliphatic carbocycles. The van der Waals surface area contributed by atoms with Crippen molar-refractivity contribution in [2.45, 2.75) is 30.3 Å². The standard InChI is InChI=1S/C18H19ClFNO2S/c1-14-2-8-17(9-3-14)24(22,23)21-12-10-18(20,11-13-21)15-4-6-16(19)7-5-15/h2-9H,10-13H2,1H3. The molecule has 6 heteroatoms. The molecular weight excluding hydrogens is 349 g/mol.